The highest BCUT2D eigenvalue weighted by Gasteiger charge is 2.53. The van der Waals surface area contributed by atoms with E-state index in [0.717, 1.165) is 109 Å². The van der Waals surface area contributed by atoms with Gasteiger partial charge >= 0.3 is 12.2 Å². The maximum absolute atomic E-state index is 14.4. The van der Waals surface area contributed by atoms with Gasteiger partial charge in [0.25, 0.3) is 0 Å². The molecular weight excluding hydrogens is 841 g/mol. The summed E-state index contributed by atoms with van der Waals surface area (Å²) < 4.78 is 22.0. The Morgan fingerprint density at radius 1 is 0.606 bits per heavy atom. The molecule has 350 valence electrons. The normalized spacial score (nSPS) is 27.0. The van der Waals surface area contributed by atoms with Gasteiger partial charge in [-0.15, -0.1) is 0 Å². The lowest BCUT2D eigenvalue weighted by molar-refractivity contribution is -0.140. The lowest BCUT2D eigenvalue weighted by Crippen LogP contribution is -2.55. The van der Waals surface area contributed by atoms with Crippen LogP contribution in [0.1, 0.15) is 115 Å². The second-order valence-corrected chi connectivity index (χ2v) is 19.7. The van der Waals surface area contributed by atoms with Crippen LogP contribution in [0.4, 0.5) is 9.59 Å². The molecule has 2 aromatic carbocycles. The first-order valence-corrected chi connectivity index (χ1v) is 23.9. The molecule has 4 aliphatic heterocycles. The van der Waals surface area contributed by atoms with E-state index in [2.05, 4.69) is 83.0 Å². The van der Waals surface area contributed by atoms with Crippen molar-refractivity contribution in [2.75, 3.05) is 27.4 Å². The number of hydrogen-bond donors (Lipinski definition) is 4. The number of benzene rings is 2. The number of aromatic amines is 2. The summed E-state index contributed by atoms with van der Waals surface area (Å²) in [5.41, 5.74) is 5.49. The molecule has 0 unspecified atom stereocenters. The molecule has 10 rings (SSSR count). The number of nitrogens with one attached hydrogen (secondary N) is 4. The van der Waals surface area contributed by atoms with Gasteiger partial charge in [0, 0.05) is 25.3 Å². The van der Waals surface area contributed by atoms with Crippen LogP contribution in [-0.4, -0.2) is 117 Å². The number of ether oxygens (including phenoxy) is 4. The zero-order valence-corrected chi connectivity index (χ0v) is 38.3. The second kappa shape index (κ2) is 17.8. The Morgan fingerprint density at radius 3 is 1.35 bits per heavy atom. The molecule has 4 N–H and O–H groups in total. The SMILES string of the molecule is COC(=O)N[C@H](C(=O)N1[C@@H](C)CC[C@H]1c1ncc(-c2ccc(-c3ccc(-c4cnc([C@@H]5CC[C@H](C)N5C(=O)[C@@H](NC(=O)OC)[C@@H]5CCOC6(CC6)C5)[nH]4)cc3)cc2)[nH]1)[C@@H]1CCOC2(CC2)C1. The number of hydrogen-bond acceptors (Lipinski definition) is 10. The van der Waals surface area contributed by atoms with Gasteiger partial charge in [0.1, 0.15) is 23.7 Å². The number of methoxy groups -OCH3 is 2. The van der Waals surface area contributed by atoms with Crippen LogP contribution in [-0.2, 0) is 28.5 Å². The summed E-state index contributed by atoms with van der Waals surface area (Å²) >= 11 is 0. The predicted octanol–water partition coefficient (Wildman–Crippen LogP) is 7.61. The molecule has 2 aromatic heterocycles. The molecule has 4 saturated heterocycles. The first-order valence-electron chi connectivity index (χ1n) is 23.9. The van der Waals surface area contributed by atoms with Crippen molar-refractivity contribution in [3.05, 3.63) is 72.6 Å². The van der Waals surface area contributed by atoms with Gasteiger partial charge in [-0.3, -0.25) is 9.59 Å². The lowest BCUT2D eigenvalue weighted by atomic mass is 9.86. The fourth-order valence-corrected chi connectivity index (χ4v) is 11.4. The monoisotopic (exact) mass is 902 g/mol. The Balaban J connectivity index is 0.802. The maximum atomic E-state index is 14.4. The molecule has 8 atom stereocenters. The topological polar surface area (TPSA) is 193 Å². The summed E-state index contributed by atoms with van der Waals surface area (Å²) in [6.07, 6.45) is 12.5. The average molecular weight is 903 g/mol. The van der Waals surface area contributed by atoms with Gasteiger partial charge in [-0.25, -0.2) is 19.6 Å². The highest BCUT2D eigenvalue weighted by Crippen LogP contribution is 2.51. The van der Waals surface area contributed by atoms with Crippen molar-refractivity contribution in [3.8, 4) is 33.6 Å². The van der Waals surface area contributed by atoms with Gasteiger partial charge in [-0.05, 0) is 125 Å². The number of likely N-dealkylation sites (tertiary alicyclic amines) is 2. The summed E-state index contributed by atoms with van der Waals surface area (Å²) in [6.45, 7) is 5.29. The molecule has 0 bridgehead atoms. The van der Waals surface area contributed by atoms with Crippen LogP contribution in [0.5, 0.6) is 0 Å². The smallest absolute Gasteiger partial charge is 0.407 e. The molecule has 2 aliphatic carbocycles. The quantitative estimate of drug-likeness (QED) is 0.117. The van der Waals surface area contributed by atoms with Crippen molar-refractivity contribution >= 4 is 24.0 Å². The van der Waals surface area contributed by atoms with Crippen LogP contribution in [0, 0.1) is 11.8 Å². The zero-order valence-electron chi connectivity index (χ0n) is 38.3. The fourth-order valence-electron chi connectivity index (χ4n) is 11.4. The Kier molecular flexibility index (Phi) is 11.9. The molecule has 2 spiro atoms. The number of nitrogens with zero attached hydrogens (tertiary/aromatic N) is 4. The molecule has 6 fully saturated rings. The van der Waals surface area contributed by atoms with Gasteiger partial charge in [-0.1, -0.05) is 48.5 Å². The predicted molar refractivity (Wildman–Crippen MR) is 244 cm³/mol. The molecular formula is C50H62N8O8. The molecule has 4 amide bonds. The summed E-state index contributed by atoms with van der Waals surface area (Å²) in [4.78, 5) is 74.4. The number of amides is 4. The zero-order chi connectivity index (χ0) is 45.7. The van der Waals surface area contributed by atoms with E-state index in [9.17, 15) is 19.2 Å². The van der Waals surface area contributed by atoms with Gasteiger partial charge in [0.15, 0.2) is 0 Å². The average Bonchev–Trinajstić information content (AvgIpc) is 3.87. The van der Waals surface area contributed by atoms with Crippen molar-refractivity contribution in [1.82, 2.24) is 40.4 Å². The van der Waals surface area contributed by atoms with E-state index < -0.39 is 24.3 Å². The number of imidazole rings is 2. The number of carbonyl (C=O) groups is 4. The van der Waals surface area contributed by atoms with E-state index in [-0.39, 0.29) is 59.0 Å². The van der Waals surface area contributed by atoms with Crippen LogP contribution in [0.15, 0.2) is 60.9 Å². The molecule has 16 nitrogen and oxygen atoms in total. The summed E-state index contributed by atoms with van der Waals surface area (Å²) in [7, 11) is 2.65. The van der Waals surface area contributed by atoms with E-state index in [4.69, 9.17) is 28.9 Å². The summed E-state index contributed by atoms with van der Waals surface area (Å²) in [5, 5.41) is 5.80. The second-order valence-electron chi connectivity index (χ2n) is 19.7. The number of H-pyrrole nitrogens is 2. The van der Waals surface area contributed by atoms with Crippen molar-refractivity contribution in [2.45, 2.75) is 138 Å². The molecule has 6 heterocycles. The lowest BCUT2D eigenvalue weighted by Gasteiger charge is -2.38. The van der Waals surface area contributed by atoms with E-state index in [0.29, 0.717) is 26.1 Å². The minimum Gasteiger partial charge on any atom is -0.453 e. The Morgan fingerprint density at radius 2 is 0.985 bits per heavy atom. The first-order chi connectivity index (χ1) is 32.0. The number of rotatable bonds is 11. The van der Waals surface area contributed by atoms with E-state index in [1.54, 1.807) is 0 Å². The van der Waals surface area contributed by atoms with Crippen LogP contribution >= 0.6 is 0 Å². The van der Waals surface area contributed by atoms with Crippen molar-refractivity contribution in [3.63, 3.8) is 0 Å². The van der Waals surface area contributed by atoms with E-state index in [1.165, 1.54) is 14.2 Å². The fraction of sp³-hybridized carbons (Fsp3) is 0.560. The van der Waals surface area contributed by atoms with E-state index in [1.807, 2.05) is 22.2 Å². The minimum atomic E-state index is -0.700. The Hall–Kier alpha value is -5.74. The maximum Gasteiger partial charge on any atom is 0.407 e. The molecule has 6 aliphatic rings. The van der Waals surface area contributed by atoms with Gasteiger partial charge in [-0.2, -0.15) is 0 Å². The third-order valence-corrected chi connectivity index (χ3v) is 15.5. The van der Waals surface area contributed by atoms with Gasteiger partial charge in [0.05, 0.1) is 61.3 Å². The summed E-state index contributed by atoms with van der Waals surface area (Å²) in [6, 6.07) is 14.7. The largest absolute Gasteiger partial charge is 0.453 e. The van der Waals surface area contributed by atoms with E-state index >= 15 is 0 Å². The third-order valence-electron chi connectivity index (χ3n) is 15.5. The van der Waals surface area contributed by atoms with Gasteiger partial charge < -0.3 is 49.3 Å². The molecule has 2 saturated carbocycles. The van der Waals surface area contributed by atoms with Crippen LogP contribution in [0.3, 0.4) is 0 Å². The third kappa shape index (κ3) is 8.69. The van der Waals surface area contributed by atoms with Crippen molar-refractivity contribution < 1.29 is 38.1 Å². The number of alkyl carbamates (subject to hydrolysis) is 2. The Bertz CT molecular complexity index is 2260. The molecule has 4 aromatic rings. The van der Waals surface area contributed by atoms with Crippen molar-refractivity contribution in [2.24, 2.45) is 11.8 Å². The molecule has 16 heteroatoms. The highest BCUT2D eigenvalue weighted by molar-refractivity contribution is 5.88. The standard InChI is InChI=1S/C50H62N8O8/c1-29-5-15-39(57(29)45(59)41(55-47(61)63-3)35-17-23-65-49(25-35)19-20-49)43-51-27-37(53-43)33-11-7-31(8-12-33)32-9-13-34(14-10-32)38-28-52-44(54-38)40-16-6-30(2)58(40)46(60)42(56-48(62)64-4)36-18-24-66-50(26-36)21-22-50/h7-14,27-30,35-36,39-42H,5-6,15-26H2,1-4H3,(H,51,53)(H,52,54)(H,55,61)(H,56,62)/t29-,30-,35+,36+,39-,40-,41-,42-/m0/s1. The van der Waals surface area contributed by atoms with Gasteiger partial charge in [0.2, 0.25) is 11.8 Å². The number of aromatic nitrogens is 4. The van der Waals surface area contributed by atoms with Crippen LogP contribution < -0.4 is 10.6 Å². The van der Waals surface area contributed by atoms with Crippen LogP contribution in [0.2, 0.25) is 0 Å². The van der Waals surface area contributed by atoms with Crippen molar-refractivity contribution in [1.29, 1.82) is 0 Å². The molecule has 0 radical (unpaired) electrons. The minimum absolute atomic E-state index is 0.0146. The van der Waals surface area contributed by atoms with Crippen LogP contribution in [0.25, 0.3) is 33.6 Å². The highest BCUT2D eigenvalue weighted by atomic mass is 16.5. The number of carbonyl (C=O) groups excluding carboxylic acids is 4. The first kappa shape index (κ1) is 44.1. The summed E-state index contributed by atoms with van der Waals surface area (Å²) in [5.74, 6) is 1.20. The molecule has 66 heavy (non-hydrogen) atoms. The Labute approximate surface area is 385 Å².